The standard InChI is InChI=1S/C16H15N3O2/c20-15(14-9-10-5-1-3-7-12(10)17-14)18-16-11-6-2-4-8-13(11)19-21-16/h1,3,5,7,9,17H,2,4,6,8H2,(H,18,20). The number of aromatic nitrogens is 2. The number of carbonyl (C=O) groups excluding carboxylic acids is 1. The Bertz CT molecular complexity index is 783. The summed E-state index contributed by atoms with van der Waals surface area (Å²) in [6.07, 6.45) is 4.10. The lowest BCUT2D eigenvalue weighted by molar-refractivity contribution is 0.101. The molecule has 0 radical (unpaired) electrons. The molecule has 1 amide bonds. The number of H-pyrrole nitrogens is 1. The fourth-order valence-electron chi connectivity index (χ4n) is 2.85. The summed E-state index contributed by atoms with van der Waals surface area (Å²) in [7, 11) is 0. The first-order valence-corrected chi connectivity index (χ1v) is 7.18. The molecule has 2 N–H and O–H groups in total. The third kappa shape index (κ3) is 2.11. The number of carbonyl (C=O) groups is 1. The van der Waals surface area contributed by atoms with E-state index in [4.69, 9.17) is 4.52 Å². The fraction of sp³-hybridized carbons (Fsp3) is 0.250. The summed E-state index contributed by atoms with van der Waals surface area (Å²) in [5.74, 6) is 0.295. The summed E-state index contributed by atoms with van der Waals surface area (Å²) in [6.45, 7) is 0. The van der Waals surface area contributed by atoms with Gasteiger partial charge in [-0.05, 0) is 37.8 Å². The number of rotatable bonds is 2. The molecule has 0 unspecified atom stereocenters. The fourth-order valence-corrected chi connectivity index (χ4v) is 2.85. The van der Waals surface area contributed by atoms with Gasteiger partial charge in [-0.2, -0.15) is 0 Å². The highest BCUT2D eigenvalue weighted by molar-refractivity contribution is 6.05. The smallest absolute Gasteiger partial charge is 0.274 e. The topological polar surface area (TPSA) is 70.9 Å². The van der Waals surface area contributed by atoms with Gasteiger partial charge in [0.1, 0.15) is 5.69 Å². The van der Waals surface area contributed by atoms with Crippen molar-refractivity contribution in [3.8, 4) is 0 Å². The number of benzene rings is 1. The number of hydrogen-bond donors (Lipinski definition) is 2. The minimum absolute atomic E-state index is 0.198. The van der Waals surface area contributed by atoms with Crippen molar-refractivity contribution in [2.45, 2.75) is 25.7 Å². The van der Waals surface area contributed by atoms with E-state index >= 15 is 0 Å². The number of fused-ring (bicyclic) bond motifs is 2. The van der Waals surface area contributed by atoms with Crippen LogP contribution in [0.5, 0.6) is 0 Å². The molecule has 1 aromatic carbocycles. The van der Waals surface area contributed by atoms with Gasteiger partial charge in [-0.3, -0.25) is 10.1 Å². The summed E-state index contributed by atoms with van der Waals surface area (Å²) in [5, 5.41) is 7.89. The van der Waals surface area contributed by atoms with E-state index < -0.39 is 0 Å². The molecule has 3 aromatic rings. The average molecular weight is 281 g/mol. The van der Waals surface area contributed by atoms with Crippen molar-refractivity contribution in [1.29, 1.82) is 0 Å². The van der Waals surface area contributed by atoms with Gasteiger partial charge in [0.2, 0.25) is 5.88 Å². The SMILES string of the molecule is O=C(Nc1onc2c1CCCC2)c1cc2ccccc2[nH]1. The Morgan fingerprint density at radius 2 is 2.10 bits per heavy atom. The molecule has 4 rings (SSSR count). The van der Waals surface area contributed by atoms with E-state index in [0.29, 0.717) is 11.6 Å². The van der Waals surface area contributed by atoms with Gasteiger partial charge in [0, 0.05) is 16.5 Å². The highest BCUT2D eigenvalue weighted by Gasteiger charge is 2.21. The summed E-state index contributed by atoms with van der Waals surface area (Å²) in [5.41, 5.74) is 3.50. The van der Waals surface area contributed by atoms with Crippen molar-refractivity contribution in [3.63, 3.8) is 0 Å². The number of aromatic amines is 1. The van der Waals surface area contributed by atoms with Crippen LogP contribution < -0.4 is 5.32 Å². The second-order valence-electron chi connectivity index (χ2n) is 5.37. The van der Waals surface area contributed by atoms with Gasteiger partial charge >= 0.3 is 0 Å². The van der Waals surface area contributed by atoms with Crippen molar-refractivity contribution >= 4 is 22.7 Å². The maximum atomic E-state index is 12.3. The summed E-state index contributed by atoms with van der Waals surface area (Å²) in [4.78, 5) is 15.5. The van der Waals surface area contributed by atoms with Gasteiger partial charge in [0.05, 0.1) is 5.69 Å². The van der Waals surface area contributed by atoms with Gasteiger partial charge in [-0.25, -0.2) is 0 Å². The molecule has 21 heavy (non-hydrogen) atoms. The minimum Gasteiger partial charge on any atom is -0.351 e. The van der Waals surface area contributed by atoms with Crippen LogP contribution >= 0.6 is 0 Å². The second-order valence-corrected chi connectivity index (χ2v) is 5.37. The highest BCUT2D eigenvalue weighted by Crippen LogP contribution is 2.28. The number of anilines is 1. The first-order valence-electron chi connectivity index (χ1n) is 7.18. The molecule has 1 aliphatic carbocycles. The molecular weight excluding hydrogens is 266 g/mol. The largest absolute Gasteiger partial charge is 0.351 e. The molecule has 0 saturated carbocycles. The highest BCUT2D eigenvalue weighted by atomic mass is 16.5. The number of aryl methyl sites for hydroxylation is 1. The van der Waals surface area contributed by atoms with Crippen LogP contribution in [0.25, 0.3) is 10.9 Å². The van der Waals surface area contributed by atoms with Crippen molar-refractivity contribution in [3.05, 3.63) is 47.3 Å². The summed E-state index contributed by atoms with van der Waals surface area (Å²) >= 11 is 0. The Morgan fingerprint density at radius 3 is 3.00 bits per heavy atom. The predicted octanol–water partition coefficient (Wildman–Crippen LogP) is 3.29. The first kappa shape index (κ1) is 12.2. The van der Waals surface area contributed by atoms with Gasteiger partial charge in [-0.1, -0.05) is 23.4 Å². The number of nitrogens with one attached hydrogen (secondary N) is 2. The number of para-hydroxylation sites is 1. The Kier molecular flexibility index (Phi) is 2.77. The molecule has 0 fully saturated rings. The van der Waals surface area contributed by atoms with Gasteiger partial charge in [0.25, 0.3) is 5.91 Å². The maximum absolute atomic E-state index is 12.3. The minimum atomic E-state index is -0.198. The molecule has 106 valence electrons. The van der Waals surface area contributed by atoms with Crippen LogP contribution in [-0.2, 0) is 12.8 Å². The van der Waals surface area contributed by atoms with Crippen LogP contribution in [0.3, 0.4) is 0 Å². The zero-order valence-corrected chi connectivity index (χ0v) is 11.5. The quantitative estimate of drug-likeness (QED) is 0.757. The Morgan fingerprint density at radius 1 is 1.24 bits per heavy atom. The molecular formula is C16H15N3O2. The van der Waals surface area contributed by atoms with Gasteiger partial charge in [-0.15, -0.1) is 0 Å². The summed E-state index contributed by atoms with van der Waals surface area (Å²) < 4.78 is 5.29. The van der Waals surface area contributed by atoms with Gasteiger partial charge < -0.3 is 9.51 Å². The molecule has 2 aromatic heterocycles. The van der Waals surface area contributed by atoms with E-state index in [0.717, 1.165) is 47.8 Å². The zero-order valence-electron chi connectivity index (χ0n) is 11.5. The number of amides is 1. The molecule has 0 bridgehead atoms. The zero-order chi connectivity index (χ0) is 14.2. The van der Waals surface area contributed by atoms with E-state index in [1.807, 2.05) is 30.3 Å². The van der Waals surface area contributed by atoms with Crippen LogP contribution in [0.1, 0.15) is 34.6 Å². The van der Waals surface area contributed by atoms with E-state index in [1.54, 1.807) is 0 Å². The van der Waals surface area contributed by atoms with E-state index in [1.165, 1.54) is 0 Å². The van der Waals surface area contributed by atoms with Crippen LogP contribution in [-0.4, -0.2) is 16.0 Å². The maximum Gasteiger partial charge on any atom is 0.274 e. The molecule has 0 saturated heterocycles. The predicted molar refractivity (Wildman–Crippen MR) is 79.4 cm³/mol. The van der Waals surface area contributed by atoms with Crippen molar-refractivity contribution in [2.75, 3.05) is 5.32 Å². The molecule has 1 aliphatic rings. The molecule has 2 heterocycles. The Labute approximate surface area is 121 Å². The molecule has 5 heteroatoms. The van der Waals surface area contributed by atoms with Crippen molar-refractivity contribution < 1.29 is 9.32 Å². The lowest BCUT2D eigenvalue weighted by atomic mass is 9.98. The Hall–Kier alpha value is -2.56. The molecule has 0 aliphatic heterocycles. The Balaban J connectivity index is 1.62. The van der Waals surface area contributed by atoms with E-state index in [2.05, 4.69) is 15.5 Å². The monoisotopic (exact) mass is 281 g/mol. The van der Waals surface area contributed by atoms with E-state index in [9.17, 15) is 4.79 Å². The average Bonchev–Trinajstić information content (AvgIpc) is 3.11. The molecule has 5 nitrogen and oxygen atoms in total. The third-order valence-corrected chi connectivity index (χ3v) is 3.96. The van der Waals surface area contributed by atoms with Crippen LogP contribution in [0.15, 0.2) is 34.9 Å². The number of hydrogen-bond acceptors (Lipinski definition) is 3. The molecule has 0 spiro atoms. The van der Waals surface area contributed by atoms with Gasteiger partial charge in [0.15, 0.2) is 0 Å². The lowest BCUT2D eigenvalue weighted by Gasteiger charge is -2.09. The molecule has 0 atom stereocenters. The van der Waals surface area contributed by atoms with Crippen LogP contribution in [0.2, 0.25) is 0 Å². The van der Waals surface area contributed by atoms with Crippen LogP contribution in [0.4, 0.5) is 5.88 Å². The first-order chi connectivity index (χ1) is 10.3. The van der Waals surface area contributed by atoms with Crippen LogP contribution in [0, 0.1) is 0 Å². The number of nitrogens with zero attached hydrogens (tertiary/aromatic N) is 1. The van der Waals surface area contributed by atoms with Crippen molar-refractivity contribution in [1.82, 2.24) is 10.1 Å². The summed E-state index contributed by atoms with van der Waals surface area (Å²) in [6, 6.07) is 9.65. The van der Waals surface area contributed by atoms with Crippen molar-refractivity contribution in [2.24, 2.45) is 0 Å². The third-order valence-electron chi connectivity index (χ3n) is 3.96. The lowest BCUT2D eigenvalue weighted by Crippen LogP contribution is -2.13. The van der Waals surface area contributed by atoms with E-state index in [-0.39, 0.29) is 5.91 Å². The second kappa shape index (κ2) is 4.77. The normalized spacial score (nSPS) is 14.1.